The first-order valence-corrected chi connectivity index (χ1v) is 6.55. The maximum atomic E-state index is 11.1. The Morgan fingerprint density at radius 2 is 1.74 bits per heavy atom. The second kappa shape index (κ2) is 5.45. The van der Waals surface area contributed by atoms with Gasteiger partial charge < -0.3 is 9.84 Å². The van der Waals surface area contributed by atoms with E-state index in [1.807, 2.05) is 26.0 Å². The Morgan fingerprint density at radius 1 is 1.16 bits per heavy atom. The molecule has 2 aromatic carbocycles. The number of carboxylic acid groups (broad SMARTS) is 1. The first-order valence-electron chi connectivity index (χ1n) is 5.76. The molecule has 0 radical (unpaired) electrons. The van der Waals surface area contributed by atoms with E-state index in [1.54, 1.807) is 18.2 Å². The first kappa shape index (κ1) is 13.6. The van der Waals surface area contributed by atoms with Crippen LogP contribution in [0.5, 0.6) is 11.5 Å². The molecule has 0 atom stereocenters. The Kier molecular flexibility index (Phi) is 3.90. The van der Waals surface area contributed by atoms with E-state index in [9.17, 15) is 4.79 Å². The molecule has 0 aromatic heterocycles. The molecule has 0 fully saturated rings. The quantitative estimate of drug-likeness (QED) is 0.902. The van der Waals surface area contributed by atoms with Gasteiger partial charge in [0.05, 0.1) is 0 Å². The molecule has 0 spiro atoms. The van der Waals surface area contributed by atoms with Crippen molar-refractivity contribution in [3.63, 3.8) is 0 Å². The summed E-state index contributed by atoms with van der Waals surface area (Å²) in [5.41, 5.74) is 2.24. The smallest absolute Gasteiger partial charge is 0.339 e. The third-order valence-corrected chi connectivity index (χ3v) is 4.01. The molecule has 98 valence electrons. The summed E-state index contributed by atoms with van der Waals surface area (Å²) in [6, 6.07) is 10.3. The standard InChI is InChI=1S/C15H13BrO3/c1-9-7-11(8-10(2)14(9)16)19-13-6-4-3-5-12(13)15(17)18/h3-8H,1-2H3,(H,17,18). The van der Waals surface area contributed by atoms with Gasteiger partial charge in [0.1, 0.15) is 17.1 Å². The summed E-state index contributed by atoms with van der Waals surface area (Å²) in [6.45, 7) is 3.93. The van der Waals surface area contributed by atoms with E-state index < -0.39 is 5.97 Å². The summed E-state index contributed by atoms with van der Waals surface area (Å²) in [7, 11) is 0. The zero-order valence-electron chi connectivity index (χ0n) is 10.6. The predicted octanol–water partition coefficient (Wildman–Crippen LogP) is 4.56. The molecule has 0 aliphatic heterocycles. The Hall–Kier alpha value is -1.81. The lowest BCUT2D eigenvalue weighted by atomic mass is 10.1. The molecule has 0 saturated heterocycles. The van der Waals surface area contributed by atoms with Gasteiger partial charge in [-0.2, -0.15) is 0 Å². The molecule has 3 nitrogen and oxygen atoms in total. The number of carbonyl (C=O) groups is 1. The van der Waals surface area contributed by atoms with Crippen LogP contribution in [0, 0.1) is 13.8 Å². The summed E-state index contributed by atoms with van der Waals surface area (Å²) in [5, 5.41) is 9.11. The van der Waals surface area contributed by atoms with E-state index in [0.717, 1.165) is 15.6 Å². The monoisotopic (exact) mass is 320 g/mol. The van der Waals surface area contributed by atoms with E-state index in [-0.39, 0.29) is 5.56 Å². The first-order chi connectivity index (χ1) is 8.99. The molecule has 2 rings (SSSR count). The fraction of sp³-hybridized carbons (Fsp3) is 0.133. The summed E-state index contributed by atoms with van der Waals surface area (Å²) in [4.78, 5) is 11.1. The highest BCUT2D eigenvalue weighted by molar-refractivity contribution is 9.10. The number of hydrogen-bond acceptors (Lipinski definition) is 2. The van der Waals surface area contributed by atoms with E-state index in [2.05, 4.69) is 15.9 Å². The lowest BCUT2D eigenvalue weighted by Gasteiger charge is -2.11. The van der Waals surface area contributed by atoms with Crippen LogP contribution in [0.15, 0.2) is 40.9 Å². The third kappa shape index (κ3) is 2.96. The van der Waals surface area contributed by atoms with Crippen molar-refractivity contribution in [1.29, 1.82) is 0 Å². The highest BCUT2D eigenvalue weighted by Crippen LogP contribution is 2.30. The van der Waals surface area contributed by atoms with Crippen LogP contribution < -0.4 is 4.74 Å². The fourth-order valence-corrected chi connectivity index (χ4v) is 2.05. The van der Waals surface area contributed by atoms with Crippen LogP contribution in [0.2, 0.25) is 0 Å². The molecule has 0 heterocycles. The minimum Gasteiger partial charge on any atom is -0.478 e. The Balaban J connectivity index is 2.39. The van der Waals surface area contributed by atoms with Crippen LogP contribution in [-0.4, -0.2) is 11.1 Å². The number of rotatable bonds is 3. The molecule has 0 bridgehead atoms. The number of carboxylic acids is 1. The summed E-state index contributed by atoms with van der Waals surface area (Å²) in [6.07, 6.45) is 0. The highest BCUT2D eigenvalue weighted by Gasteiger charge is 2.12. The zero-order valence-corrected chi connectivity index (χ0v) is 12.2. The number of para-hydroxylation sites is 1. The number of ether oxygens (including phenoxy) is 1. The van der Waals surface area contributed by atoms with Crippen LogP contribution in [-0.2, 0) is 0 Å². The van der Waals surface area contributed by atoms with Crippen molar-refractivity contribution in [2.24, 2.45) is 0 Å². The number of benzene rings is 2. The minimum atomic E-state index is -0.999. The van der Waals surface area contributed by atoms with Gasteiger partial charge in [0.2, 0.25) is 0 Å². The van der Waals surface area contributed by atoms with Gasteiger partial charge in [0.25, 0.3) is 0 Å². The van der Waals surface area contributed by atoms with Gasteiger partial charge in [-0.3, -0.25) is 0 Å². The van der Waals surface area contributed by atoms with Crippen molar-refractivity contribution < 1.29 is 14.6 Å². The van der Waals surface area contributed by atoms with Crippen LogP contribution >= 0.6 is 15.9 Å². The molecule has 1 N–H and O–H groups in total. The number of hydrogen-bond donors (Lipinski definition) is 1. The van der Waals surface area contributed by atoms with Crippen molar-refractivity contribution in [3.05, 3.63) is 57.6 Å². The van der Waals surface area contributed by atoms with Gasteiger partial charge in [-0.25, -0.2) is 4.79 Å². The lowest BCUT2D eigenvalue weighted by molar-refractivity contribution is 0.0694. The average molecular weight is 321 g/mol. The van der Waals surface area contributed by atoms with Gasteiger partial charge >= 0.3 is 5.97 Å². The maximum Gasteiger partial charge on any atom is 0.339 e. The molecule has 0 aliphatic carbocycles. The minimum absolute atomic E-state index is 0.153. The normalized spacial score (nSPS) is 10.3. The second-order valence-electron chi connectivity index (χ2n) is 4.27. The van der Waals surface area contributed by atoms with Crippen molar-refractivity contribution in [2.75, 3.05) is 0 Å². The highest BCUT2D eigenvalue weighted by atomic mass is 79.9. The van der Waals surface area contributed by atoms with E-state index in [1.165, 1.54) is 6.07 Å². The maximum absolute atomic E-state index is 11.1. The second-order valence-corrected chi connectivity index (χ2v) is 5.07. The summed E-state index contributed by atoms with van der Waals surface area (Å²) < 4.78 is 6.72. The van der Waals surface area contributed by atoms with Gasteiger partial charge in [-0.05, 0) is 49.2 Å². The lowest BCUT2D eigenvalue weighted by Crippen LogP contribution is -1.99. The molecule has 0 amide bonds. The van der Waals surface area contributed by atoms with Crippen LogP contribution in [0.25, 0.3) is 0 Å². The average Bonchev–Trinajstić information content (AvgIpc) is 2.36. The van der Waals surface area contributed by atoms with Crippen LogP contribution in [0.4, 0.5) is 0 Å². The van der Waals surface area contributed by atoms with Gasteiger partial charge in [0, 0.05) is 4.47 Å². The van der Waals surface area contributed by atoms with Crippen LogP contribution in [0.1, 0.15) is 21.5 Å². The Bertz CT molecular complexity index is 612. The third-order valence-electron chi connectivity index (χ3n) is 2.76. The molecule has 0 unspecified atom stereocenters. The number of halogens is 1. The summed E-state index contributed by atoms with van der Waals surface area (Å²) in [5.74, 6) is -0.0239. The van der Waals surface area contributed by atoms with E-state index in [4.69, 9.17) is 9.84 Å². The largest absolute Gasteiger partial charge is 0.478 e. The van der Waals surface area contributed by atoms with E-state index >= 15 is 0 Å². The molecule has 2 aromatic rings. The fourth-order valence-electron chi connectivity index (χ4n) is 1.82. The van der Waals surface area contributed by atoms with Crippen molar-refractivity contribution >= 4 is 21.9 Å². The summed E-state index contributed by atoms with van der Waals surface area (Å²) >= 11 is 3.49. The van der Waals surface area contributed by atoms with Gasteiger partial charge in [-0.15, -0.1) is 0 Å². The van der Waals surface area contributed by atoms with Crippen LogP contribution in [0.3, 0.4) is 0 Å². The van der Waals surface area contributed by atoms with Crippen molar-refractivity contribution in [1.82, 2.24) is 0 Å². The molecular weight excluding hydrogens is 308 g/mol. The van der Waals surface area contributed by atoms with E-state index in [0.29, 0.717) is 11.5 Å². The molecule has 0 saturated carbocycles. The molecule has 0 aliphatic rings. The predicted molar refractivity (Wildman–Crippen MR) is 77.1 cm³/mol. The van der Waals surface area contributed by atoms with Crippen molar-refractivity contribution in [3.8, 4) is 11.5 Å². The Morgan fingerprint density at radius 3 is 2.32 bits per heavy atom. The number of aromatic carboxylic acids is 1. The Labute approximate surface area is 120 Å². The topological polar surface area (TPSA) is 46.5 Å². The number of aryl methyl sites for hydroxylation is 2. The zero-order chi connectivity index (χ0) is 14.0. The molecule has 4 heteroatoms. The van der Waals surface area contributed by atoms with Crippen molar-refractivity contribution in [2.45, 2.75) is 13.8 Å². The SMILES string of the molecule is Cc1cc(Oc2ccccc2C(=O)O)cc(C)c1Br. The van der Waals surface area contributed by atoms with Gasteiger partial charge in [-0.1, -0.05) is 28.1 Å². The van der Waals surface area contributed by atoms with Gasteiger partial charge in [0.15, 0.2) is 0 Å². The molecular formula is C15H13BrO3. The molecule has 19 heavy (non-hydrogen) atoms.